The highest BCUT2D eigenvalue weighted by Gasteiger charge is 2.24. The lowest BCUT2D eigenvalue weighted by Crippen LogP contribution is -2.26. The van der Waals surface area contributed by atoms with Crippen molar-refractivity contribution in [3.63, 3.8) is 0 Å². The van der Waals surface area contributed by atoms with Gasteiger partial charge in [-0.1, -0.05) is 12.8 Å². The SMILES string of the molecule is Nc1ncc(-c2cc(Oc3ccc4nc(C[C@@H]5CCCC[C@H]5O)sc4c3)ccn2)cn1. The number of aliphatic hydroxyl groups is 1. The van der Waals surface area contributed by atoms with Crippen molar-refractivity contribution in [1.29, 1.82) is 0 Å². The van der Waals surface area contributed by atoms with Gasteiger partial charge in [0.15, 0.2) is 0 Å². The number of rotatable bonds is 5. The number of pyridine rings is 1. The summed E-state index contributed by atoms with van der Waals surface area (Å²) >= 11 is 1.68. The first-order valence-electron chi connectivity index (χ1n) is 10.4. The largest absolute Gasteiger partial charge is 0.457 e. The van der Waals surface area contributed by atoms with Gasteiger partial charge in [-0.2, -0.15) is 0 Å². The average Bonchev–Trinajstić information content (AvgIpc) is 3.18. The fourth-order valence-electron chi connectivity index (χ4n) is 3.99. The molecule has 1 saturated carbocycles. The number of nitrogens with two attached hydrogens (primary N) is 1. The summed E-state index contributed by atoms with van der Waals surface area (Å²) in [5.41, 5.74) is 8.01. The van der Waals surface area contributed by atoms with Crippen LogP contribution in [0.1, 0.15) is 30.7 Å². The van der Waals surface area contributed by atoms with Crippen LogP contribution in [0.4, 0.5) is 5.95 Å². The molecule has 158 valence electrons. The van der Waals surface area contributed by atoms with E-state index in [1.54, 1.807) is 29.9 Å². The van der Waals surface area contributed by atoms with Crippen LogP contribution in [0.25, 0.3) is 21.5 Å². The molecule has 0 amide bonds. The number of fused-ring (bicyclic) bond motifs is 1. The molecule has 0 aliphatic heterocycles. The van der Waals surface area contributed by atoms with Gasteiger partial charge in [-0.05, 0) is 37.0 Å². The maximum absolute atomic E-state index is 10.3. The van der Waals surface area contributed by atoms with Crippen molar-refractivity contribution >= 4 is 27.5 Å². The van der Waals surface area contributed by atoms with E-state index in [1.165, 1.54) is 6.42 Å². The summed E-state index contributed by atoms with van der Waals surface area (Å²) in [6, 6.07) is 9.59. The predicted octanol–water partition coefficient (Wildman–Crippen LogP) is 4.62. The number of hydrogen-bond donors (Lipinski definition) is 2. The Balaban J connectivity index is 1.34. The highest BCUT2D eigenvalue weighted by molar-refractivity contribution is 7.18. The highest BCUT2D eigenvalue weighted by Crippen LogP contribution is 2.33. The Morgan fingerprint density at radius 3 is 2.68 bits per heavy atom. The van der Waals surface area contributed by atoms with Gasteiger partial charge >= 0.3 is 0 Å². The molecule has 1 aliphatic carbocycles. The second kappa shape index (κ2) is 8.56. The monoisotopic (exact) mass is 433 g/mol. The van der Waals surface area contributed by atoms with Gasteiger partial charge in [0.25, 0.3) is 0 Å². The second-order valence-electron chi connectivity index (χ2n) is 7.86. The molecule has 3 aromatic heterocycles. The van der Waals surface area contributed by atoms with Gasteiger partial charge in [-0.25, -0.2) is 15.0 Å². The van der Waals surface area contributed by atoms with Crippen LogP contribution in [0, 0.1) is 5.92 Å². The van der Waals surface area contributed by atoms with Crippen LogP contribution in [0.15, 0.2) is 48.9 Å². The Hall–Kier alpha value is -3.10. The molecule has 0 unspecified atom stereocenters. The lowest BCUT2D eigenvalue weighted by atomic mass is 9.84. The Kier molecular flexibility index (Phi) is 5.48. The third-order valence-electron chi connectivity index (χ3n) is 5.64. The summed E-state index contributed by atoms with van der Waals surface area (Å²) in [5.74, 6) is 1.96. The molecule has 7 nitrogen and oxygen atoms in total. The van der Waals surface area contributed by atoms with Crippen molar-refractivity contribution in [1.82, 2.24) is 19.9 Å². The lowest BCUT2D eigenvalue weighted by Gasteiger charge is -2.26. The number of aliphatic hydroxyl groups excluding tert-OH is 1. The van der Waals surface area contributed by atoms with E-state index >= 15 is 0 Å². The molecular weight excluding hydrogens is 410 g/mol. The molecule has 0 spiro atoms. The smallest absolute Gasteiger partial charge is 0.219 e. The Morgan fingerprint density at radius 2 is 1.84 bits per heavy atom. The van der Waals surface area contributed by atoms with Crippen molar-refractivity contribution < 1.29 is 9.84 Å². The van der Waals surface area contributed by atoms with Crippen molar-refractivity contribution in [3.8, 4) is 22.8 Å². The Labute approximate surface area is 184 Å². The summed E-state index contributed by atoms with van der Waals surface area (Å²) in [4.78, 5) is 17.2. The first kappa shape index (κ1) is 19.8. The summed E-state index contributed by atoms with van der Waals surface area (Å²) in [5, 5.41) is 11.3. The fraction of sp³-hybridized carbons (Fsp3) is 0.304. The van der Waals surface area contributed by atoms with E-state index in [2.05, 4.69) is 15.0 Å². The summed E-state index contributed by atoms with van der Waals surface area (Å²) in [6.45, 7) is 0. The molecule has 1 aliphatic rings. The van der Waals surface area contributed by atoms with E-state index in [-0.39, 0.29) is 12.1 Å². The topological polar surface area (TPSA) is 107 Å². The van der Waals surface area contributed by atoms with Crippen molar-refractivity contribution in [2.24, 2.45) is 5.92 Å². The third kappa shape index (κ3) is 4.50. The molecule has 2 atom stereocenters. The van der Waals surface area contributed by atoms with Gasteiger partial charge in [0.1, 0.15) is 11.5 Å². The molecule has 3 N–H and O–H groups in total. The molecule has 1 aromatic carbocycles. The average molecular weight is 434 g/mol. The van der Waals surface area contributed by atoms with E-state index in [0.717, 1.165) is 52.2 Å². The zero-order valence-corrected chi connectivity index (χ0v) is 17.8. The molecule has 0 saturated heterocycles. The number of nitrogen functional groups attached to an aromatic ring is 1. The molecule has 0 bridgehead atoms. The van der Waals surface area contributed by atoms with Crippen LogP contribution in [-0.2, 0) is 6.42 Å². The highest BCUT2D eigenvalue weighted by atomic mass is 32.1. The van der Waals surface area contributed by atoms with Crippen LogP contribution >= 0.6 is 11.3 Å². The lowest BCUT2D eigenvalue weighted by molar-refractivity contribution is 0.0700. The van der Waals surface area contributed by atoms with E-state index in [1.807, 2.05) is 30.3 Å². The van der Waals surface area contributed by atoms with Gasteiger partial charge in [-0.3, -0.25) is 4.98 Å². The van der Waals surface area contributed by atoms with Crippen molar-refractivity contribution in [2.75, 3.05) is 5.73 Å². The predicted molar refractivity (Wildman–Crippen MR) is 121 cm³/mol. The van der Waals surface area contributed by atoms with Gasteiger partial charge in [0.2, 0.25) is 5.95 Å². The number of nitrogens with zero attached hydrogens (tertiary/aromatic N) is 4. The molecule has 3 heterocycles. The first-order chi connectivity index (χ1) is 15.1. The van der Waals surface area contributed by atoms with Gasteiger partial charge in [-0.15, -0.1) is 11.3 Å². The standard InChI is InChI=1S/C23H23N5O2S/c24-23-26-12-15(13-27-23)19-10-17(7-8-25-19)30-16-5-6-18-21(11-16)31-22(28-18)9-14-3-1-2-4-20(14)29/h5-8,10-14,20,29H,1-4,9H2,(H2,24,26,27)/t14-,20+/m0/s1. The molecule has 31 heavy (non-hydrogen) atoms. The Bertz CT molecular complexity index is 1190. The quantitative estimate of drug-likeness (QED) is 0.473. The minimum Gasteiger partial charge on any atom is -0.457 e. The minimum absolute atomic E-state index is 0.202. The number of ether oxygens (including phenoxy) is 1. The maximum atomic E-state index is 10.3. The number of thiazole rings is 1. The summed E-state index contributed by atoms with van der Waals surface area (Å²) in [6.07, 6.45) is 9.92. The van der Waals surface area contributed by atoms with Gasteiger partial charge in [0, 0.05) is 42.7 Å². The second-order valence-corrected chi connectivity index (χ2v) is 8.98. The van der Waals surface area contributed by atoms with E-state index in [9.17, 15) is 5.11 Å². The maximum Gasteiger partial charge on any atom is 0.219 e. The molecule has 8 heteroatoms. The third-order valence-corrected chi connectivity index (χ3v) is 6.69. The van der Waals surface area contributed by atoms with Gasteiger partial charge in [0.05, 0.1) is 27.0 Å². The number of hydrogen-bond acceptors (Lipinski definition) is 8. The van der Waals surface area contributed by atoms with Gasteiger partial charge < -0.3 is 15.6 Å². The number of aromatic nitrogens is 4. The van der Waals surface area contributed by atoms with Crippen molar-refractivity contribution in [3.05, 3.63) is 53.9 Å². The van der Waals surface area contributed by atoms with Crippen LogP contribution in [0.2, 0.25) is 0 Å². The van der Waals surface area contributed by atoms with Crippen molar-refractivity contribution in [2.45, 2.75) is 38.2 Å². The normalized spacial score (nSPS) is 18.9. The van der Waals surface area contributed by atoms with Crippen LogP contribution < -0.4 is 10.5 Å². The van der Waals surface area contributed by atoms with E-state index < -0.39 is 0 Å². The molecular formula is C23H23N5O2S. The zero-order valence-electron chi connectivity index (χ0n) is 16.9. The molecule has 4 aromatic rings. The number of anilines is 1. The summed E-state index contributed by atoms with van der Waals surface area (Å²) < 4.78 is 7.16. The van der Waals surface area contributed by atoms with E-state index in [4.69, 9.17) is 15.5 Å². The molecule has 0 radical (unpaired) electrons. The molecule has 5 rings (SSSR count). The summed E-state index contributed by atoms with van der Waals surface area (Å²) in [7, 11) is 0. The Morgan fingerprint density at radius 1 is 1.03 bits per heavy atom. The fourth-order valence-corrected chi connectivity index (χ4v) is 5.08. The number of benzene rings is 1. The minimum atomic E-state index is -0.202. The van der Waals surface area contributed by atoms with Crippen LogP contribution in [0.3, 0.4) is 0 Å². The first-order valence-corrected chi connectivity index (χ1v) is 11.2. The van der Waals surface area contributed by atoms with E-state index in [0.29, 0.717) is 17.4 Å². The zero-order chi connectivity index (χ0) is 21.2. The van der Waals surface area contributed by atoms with Crippen LogP contribution in [-0.4, -0.2) is 31.1 Å². The van der Waals surface area contributed by atoms with Crippen LogP contribution in [0.5, 0.6) is 11.5 Å². The molecule has 1 fully saturated rings.